The summed E-state index contributed by atoms with van der Waals surface area (Å²) in [7, 11) is 4.20. The molecule has 1 aliphatic heterocycles. The number of rotatable bonds is 6. The summed E-state index contributed by atoms with van der Waals surface area (Å²) in [5.74, 6) is 0. The normalized spacial score (nSPS) is 18.1. The number of thiocarbonyl (C=S) groups is 1. The first-order valence-electron chi connectivity index (χ1n) is 11.8. The van der Waals surface area contributed by atoms with Crippen molar-refractivity contribution in [3.05, 3.63) is 95.6 Å². The molecule has 1 fully saturated rings. The van der Waals surface area contributed by atoms with E-state index < -0.39 is 0 Å². The molecule has 2 atom stereocenters. The SMILES string of the molecule is Cc1cc([C@H]2[C@@H](c3ccccn3)NC(=S)N2CCN(C)C)c(C)n1-c1cccc2ccccc12. The van der Waals surface area contributed by atoms with E-state index in [9.17, 15) is 0 Å². The van der Waals surface area contributed by atoms with Crippen LogP contribution in [0.3, 0.4) is 0 Å². The second kappa shape index (κ2) is 9.20. The van der Waals surface area contributed by atoms with E-state index in [4.69, 9.17) is 17.2 Å². The van der Waals surface area contributed by atoms with E-state index in [0.717, 1.165) is 23.9 Å². The minimum absolute atomic E-state index is 0.00247. The molecule has 0 spiro atoms. The molecular formula is C28H31N5S. The Bertz CT molecular complexity index is 1320. The summed E-state index contributed by atoms with van der Waals surface area (Å²) in [5, 5.41) is 6.88. The second-order valence-electron chi connectivity index (χ2n) is 9.28. The predicted molar refractivity (Wildman–Crippen MR) is 143 cm³/mol. The first-order chi connectivity index (χ1) is 16.5. The van der Waals surface area contributed by atoms with Crippen LogP contribution in [0.4, 0.5) is 0 Å². The Balaban J connectivity index is 1.64. The topological polar surface area (TPSA) is 36.3 Å². The van der Waals surface area contributed by atoms with Gasteiger partial charge in [-0.2, -0.15) is 0 Å². The summed E-state index contributed by atoms with van der Waals surface area (Å²) < 4.78 is 2.39. The molecule has 1 aliphatic rings. The summed E-state index contributed by atoms with van der Waals surface area (Å²) >= 11 is 5.85. The maximum atomic E-state index is 5.85. The van der Waals surface area contributed by atoms with Crippen LogP contribution in [-0.4, -0.2) is 51.6 Å². The Morgan fingerprint density at radius 1 is 1.00 bits per heavy atom. The third-order valence-electron chi connectivity index (χ3n) is 6.78. The number of likely N-dealkylation sites (N-methyl/N-ethyl adjacent to an activating group) is 1. The lowest BCUT2D eigenvalue weighted by Gasteiger charge is -2.29. The fraction of sp³-hybridized carbons (Fsp3) is 0.286. The van der Waals surface area contributed by atoms with Gasteiger partial charge in [0.1, 0.15) is 0 Å². The number of nitrogens with zero attached hydrogens (tertiary/aromatic N) is 4. The summed E-state index contributed by atoms with van der Waals surface area (Å²) in [6, 6.07) is 23.6. The van der Waals surface area contributed by atoms with Crippen molar-refractivity contribution in [1.29, 1.82) is 0 Å². The maximum Gasteiger partial charge on any atom is 0.170 e. The number of fused-ring (bicyclic) bond motifs is 1. The molecule has 34 heavy (non-hydrogen) atoms. The lowest BCUT2D eigenvalue weighted by Crippen LogP contribution is -2.35. The van der Waals surface area contributed by atoms with Crippen LogP contribution in [0.15, 0.2) is 72.9 Å². The molecule has 4 aromatic rings. The van der Waals surface area contributed by atoms with Gasteiger partial charge in [-0.3, -0.25) is 4.98 Å². The minimum Gasteiger partial charge on any atom is -0.352 e. The summed E-state index contributed by atoms with van der Waals surface area (Å²) in [4.78, 5) is 9.23. The highest BCUT2D eigenvalue weighted by Gasteiger charge is 2.41. The van der Waals surface area contributed by atoms with Crippen molar-refractivity contribution in [3.63, 3.8) is 0 Å². The van der Waals surface area contributed by atoms with Gasteiger partial charge < -0.3 is 19.7 Å². The number of nitrogens with one attached hydrogen (secondary N) is 1. The second-order valence-corrected chi connectivity index (χ2v) is 9.67. The number of hydrogen-bond acceptors (Lipinski definition) is 3. The summed E-state index contributed by atoms with van der Waals surface area (Å²) in [6.07, 6.45) is 1.86. The van der Waals surface area contributed by atoms with Crippen LogP contribution in [0.5, 0.6) is 0 Å². The molecule has 1 N–H and O–H groups in total. The molecule has 0 unspecified atom stereocenters. The summed E-state index contributed by atoms with van der Waals surface area (Å²) in [5.41, 5.74) is 5.96. The van der Waals surface area contributed by atoms with Gasteiger partial charge in [0.2, 0.25) is 0 Å². The lowest BCUT2D eigenvalue weighted by molar-refractivity contribution is 0.277. The highest BCUT2D eigenvalue weighted by atomic mass is 32.1. The van der Waals surface area contributed by atoms with Crippen molar-refractivity contribution in [2.45, 2.75) is 25.9 Å². The predicted octanol–water partition coefficient (Wildman–Crippen LogP) is 5.18. The molecule has 0 amide bonds. The van der Waals surface area contributed by atoms with Crippen molar-refractivity contribution in [1.82, 2.24) is 24.7 Å². The zero-order valence-electron chi connectivity index (χ0n) is 20.2. The van der Waals surface area contributed by atoms with Crippen molar-refractivity contribution in [3.8, 4) is 5.69 Å². The average molecular weight is 470 g/mol. The minimum atomic E-state index is -0.00247. The molecule has 5 nitrogen and oxygen atoms in total. The highest BCUT2D eigenvalue weighted by molar-refractivity contribution is 7.80. The molecule has 174 valence electrons. The van der Waals surface area contributed by atoms with Crippen LogP contribution in [0.1, 0.15) is 34.7 Å². The van der Waals surface area contributed by atoms with Crippen LogP contribution in [0.2, 0.25) is 0 Å². The molecular weight excluding hydrogens is 438 g/mol. The van der Waals surface area contributed by atoms with Crippen LogP contribution in [0, 0.1) is 13.8 Å². The van der Waals surface area contributed by atoms with E-state index >= 15 is 0 Å². The average Bonchev–Trinajstić information content (AvgIpc) is 3.32. The van der Waals surface area contributed by atoms with Gasteiger partial charge >= 0.3 is 0 Å². The zero-order valence-corrected chi connectivity index (χ0v) is 21.0. The van der Waals surface area contributed by atoms with Crippen molar-refractivity contribution < 1.29 is 0 Å². The van der Waals surface area contributed by atoms with Gasteiger partial charge in [-0.25, -0.2) is 0 Å². The van der Waals surface area contributed by atoms with Gasteiger partial charge in [0.05, 0.1) is 23.5 Å². The Hall–Kier alpha value is -3.22. The molecule has 5 rings (SSSR count). The van der Waals surface area contributed by atoms with Crippen molar-refractivity contribution in [2.75, 3.05) is 27.2 Å². The van der Waals surface area contributed by atoms with E-state index in [-0.39, 0.29) is 12.1 Å². The van der Waals surface area contributed by atoms with Crippen molar-refractivity contribution in [2.24, 2.45) is 0 Å². The first-order valence-corrected chi connectivity index (χ1v) is 12.2. The molecule has 0 aliphatic carbocycles. The van der Waals surface area contributed by atoms with Gasteiger partial charge in [0.15, 0.2) is 5.11 Å². The van der Waals surface area contributed by atoms with E-state index in [1.54, 1.807) is 0 Å². The Kier molecular flexibility index (Phi) is 6.11. The van der Waals surface area contributed by atoms with Gasteiger partial charge in [-0.15, -0.1) is 0 Å². The first kappa shape index (κ1) is 22.6. The van der Waals surface area contributed by atoms with Gasteiger partial charge in [-0.1, -0.05) is 42.5 Å². The quantitative estimate of drug-likeness (QED) is 0.394. The number of hydrogen-bond donors (Lipinski definition) is 1. The molecule has 2 aromatic carbocycles. The van der Waals surface area contributed by atoms with Gasteiger partial charge in [0.25, 0.3) is 0 Å². The molecule has 2 aromatic heterocycles. The fourth-order valence-corrected chi connectivity index (χ4v) is 5.49. The van der Waals surface area contributed by atoms with E-state index in [1.165, 1.54) is 33.4 Å². The van der Waals surface area contributed by atoms with Gasteiger partial charge in [0, 0.05) is 36.1 Å². The van der Waals surface area contributed by atoms with Crippen LogP contribution < -0.4 is 5.32 Å². The highest BCUT2D eigenvalue weighted by Crippen LogP contribution is 2.41. The van der Waals surface area contributed by atoms with Crippen LogP contribution >= 0.6 is 12.2 Å². The molecule has 3 heterocycles. The Morgan fingerprint density at radius 2 is 1.76 bits per heavy atom. The molecule has 0 saturated carbocycles. The standard InChI is InChI=1S/C28H31N5S/c1-19-18-23(20(2)33(19)25-14-9-11-21-10-5-6-12-22(21)25)27-26(24-13-7-8-15-29-24)30-28(34)32(27)17-16-31(3)4/h5-15,18,26-27H,16-17H2,1-4H3,(H,30,34)/t26-,27+/m1/s1. The monoisotopic (exact) mass is 469 g/mol. The number of pyridine rings is 1. The fourth-order valence-electron chi connectivity index (χ4n) is 5.15. The third kappa shape index (κ3) is 3.97. The summed E-state index contributed by atoms with van der Waals surface area (Å²) in [6.45, 7) is 6.20. The molecule has 0 radical (unpaired) electrons. The van der Waals surface area contributed by atoms with Crippen molar-refractivity contribution >= 4 is 28.1 Å². The Labute approximate surface area is 207 Å². The van der Waals surface area contributed by atoms with Crippen LogP contribution in [0.25, 0.3) is 16.5 Å². The van der Waals surface area contributed by atoms with E-state index in [2.05, 4.69) is 102 Å². The Morgan fingerprint density at radius 3 is 2.53 bits per heavy atom. The number of aromatic nitrogens is 2. The zero-order chi connectivity index (χ0) is 23.8. The van der Waals surface area contributed by atoms with Crippen LogP contribution in [-0.2, 0) is 0 Å². The number of aryl methyl sites for hydroxylation is 1. The maximum absolute atomic E-state index is 5.85. The van der Waals surface area contributed by atoms with E-state index in [0.29, 0.717) is 0 Å². The number of benzene rings is 2. The molecule has 1 saturated heterocycles. The molecule has 0 bridgehead atoms. The van der Waals surface area contributed by atoms with E-state index in [1.807, 2.05) is 18.3 Å². The third-order valence-corrected chi connectivity index (χ3v) is 7.13. The lowest BCUT2D eigenvalue weighted by atomic mass is 9.96. The van der Waals surface area contributed by atoms with Gasteiger partial charge in [-0.05, 0) is 75.4 Å². The largest absolute Gasteiger partial charge is 0.352 e. The molecule has 6 heteroatoms. The smallest absolute Gasteiger partial charge is 0.170 e.